The van der Waals surface area contributed by atoms with E-state index < -0.39 is 0 Å². The maximum atomic E-state index is 5.82. The molecule has 0 saturated heterocycles. The third-order valence-corrected chi connectivity index (χ3v) is 8.42. The summed E-state index contributed by atoms with van der Waals surface area (Å²) in [4.78, 5) is 18.3. The summed E-state index contributed by atoms with van der Waals surface area (Å²) in [5, 5.41) is 1.97. The number of fused-ring (bicyclic) bond motifs is 6. The molecule has 0 aliphatic rings. The first-order chi connectivity index (χ1) is 23.4. The number of aryl methyl sites for hydroxylation is 4. The van der Waals surface area contributed by atoms with Crippen molar-refractivity contribution in [3.05, 3.63) is 111 Å². The van der Waals surface area contributed by atoms with E-state index in [0.29, 0.717) is 0 Å². The Morgan fingerprint density at radius 1 is 0.640 bits per heavy atom. The molecule has 0 radical (unpaired) electrons. The molecule has 0 amide bonds. The summed E-state index contributed by atoms with van der Waals surface area (Å²) < 4.78 is 23.1. The summed E-state index contributed by atoms with van der Waals surface area (Å²) in [6, 6.07) is 12.1. The maximum absolute atomic E-state index is 5.82. The van der Waals surface area contributed by atoms with Crippen molar-refractivity contribution < 1.29 is 60.1 Å². The van der Waals surface area contributed by atoms with E-state index in [1.807, 2.05) is 117 Å². The van der Waals surface area contributed by atoms with E-state index in [4.69, 9.17) is 18.8 Å². The van der Waals surface area contributed by atoms with Crippen molar-refractivity contribution in [2.24, 2.45) is 28.2 Å². The van der Waals surface area contributed by atoms with Gasteiger partial charge in [0.2, 0.25) is 12.7 Å². The van der Waals surface area contributed by atoms with Crippen LogP contribution in [-0.4, -0.2) is 28.2 Å². The summed E-state index contributed by atoms with van der Waals surface area (Å²) in [7, 11) is 7.74. The van der Waals surface area contributed by atoms with Crippen molar-refractivity contribution in [1.29, 1.82) is 0 Å². The van der Waals surface area contributed by atoms with E-state index in [1.165, 1.54) is 0 Å². The number of benzene rings is 2. The fourth-order valence-corrected chi connectivity index (χ4v) is 6.11. The standard InChI is InChI=1S/2C18H13N5O.2Pt/c2*1-21-8-9-23(11-21)14-5-3-4-12-15(14)20-16-13(10-24-17(12)16)18-19-6-7-22(18)2;;/h2*3-5,7-10H,1-2H3;;/q2*-2;;. The van der Waals surface area contributed by atoms with Crippen LogP contribution in [0.25, 0.3) is 78.2 Å². The first-order valence-electron chi connectivity index (χ1n) is 15.1. The number of hydrogen-bond donors (Lipinski definition) is 0. The van der Waals surface area contributed by atoms with Gasteiger partial charge in [0.15, 0.2) is 0 Å². The number of para-hydroxylation sites is 2. The molecule has 10 rings (SSSR count). The molecule has 0 aliphatic heterocycles. The van der Waals surface area contributed by atoms with Crippen LogP contribution in [0.1, 0.15) is 0 Å². The van der Waals surface area contributed by atoms with E-state index in [2.05, 4.69) is 35.0 Å². The van der Waals surface area contributed by atoms with Crippen molar-refractivity contribution >= 4 is 44.0 Å². The number of rotatable bonds is 4. The fourth-order valence-electron chi connectivity index (χ4n) is 6.11. The van der Waals surface area contributed by atoms with Gasteiger partial charge in [-0.1, -0.05) is 59.8 Å². The molecule has 8 aromatic heterocycles. The van der Waals surface area contributed by atoms with Gasteiger partial charge in [-0.25, -0.2) is 0 Å². The van der Waals surface area contributed by atoms with Crippen molar-refractivity contribution in [3.63, 3.8) is 0 Å². The molecule has 0 bridgehead atoms. The van der Waals surface area contributed by atoms with Crippen molar-refractivity contribution in [2.75, 3.05) is 0 Å². The molecule has 0 N–H and O–H groups in total. The quantitative estimate of drug-likeness (QED) is 0.192. The van der Waals surface area contributed by atoms with Crippen LogP contribution in [0.15, 0.2) is 94.9 Å². The molecule has 0 unspecified atom stereocenters. The van der Waals surface area contributed by atoms with Crippen LogP contribution in [0.2, 0.25) is 0 Å². The van der Waals surface area contributed by atoms with Crippen LogP contribution in [0.5, 0.6) is 0 Å². The van der Waals surface area contributed by atoms with Gasteiger partial charge in [-0.3, -0.25) is 0 Å². The minimum atomic E-state index is 0. The summed E-state index contributed by atoms with van der Waals surface area (Å²) >= 11 is 0. The molecule has 256 valence electrons. The first kappa shape index (κ1) is 33.3. The molecular weight excluding hydrogens is 995 g/mol. The van der Waals surface area contributed by atoms with Crippen molar-refractivity contribution in [2.45, 2.75) is 0 Å². The molecule has 0 spiro atoms. The Morgan fingerprint density at radius 2 is 1.08 bits per heavy atom. The predicted molar refractivity (Wildman–Crippen MR) is 175 cm³/mol. The SMILES string of the molecule is Cn1c[c-]nc1-c1coc2c1[n-]c1c(-n3[c-][n+](C)cc3)cccc12.Cn1c[c-]nc1-c1coc2c1[n-]c1c(-n3[c-][n+](C)cc3)cccc12.[Pt].[Pt]. The Balaban J connectivity index is 0.000000151. The number of imidazole rings is 4. The summed E-state index contributed by atoms with van der Waals surface area (Å²) in [6.45, 7) is 0. The summed E-state index contributed by atoms with van der Waals surface area (Å²) in [5.74, 6) is 1.58. The van der Waals surface area contributed by atoms with Gasteiger partial charge in [0.05, 0.1) is 26.6 Å². The molecule has 0 saturated carbocycles. The smallest absolute Gasteiger partial charge is 0.243 e. The Labute approximate surface area is 314 Å². The van der Waals surface area contributed by atoms with Gasteiger partial charge in [-0.05, 0) is 47.6 Å². The van der Waals surface area contributed by atoms with Crippen LogP contribution in [0, 0.1) is 25.0 Å². The number of aromatic nitrogens is 10. The normalized spacial score (nSPS) is 11.3. The third kappa shape index (κ3) is 5.30. The molecular formula is C36H26N10O2Pt2-4. The molecule has 8 heterocycles. The fraction of sp³-hybridized carbons (Fsp3) is 0.111. The Morgan fingerprint density at radius 3 is 1.44 bits per heavy atom. The molecule has 14 heteroatoms. The van der Waals surface area contributed by atoms with E-state index in [0.717, 1.165) is 78.2 Å². The topological polar surface area (TPSA) is 108 Å². The second-order valence-electron chi connectivity index (χ2n) is 11.6. The van der Waals surface area contributed by atoms with Gasteiger partial charge in [-0.15, -0.1) is 23.4 Å². The van der Waals surface area contributed by atoms with Gasteiger partial charge >= 0.3 is 0 Å². The van der Waals surface area contributed by atoms with Crippen LogP contribution in [-0.2, 0) is 70.3 Å². The average molecular weight is 1020 g/mol. The zero-order valence-corrected chi connectivity index (χ0v) is 31.5. The second-order valence-corrected chi connectivity index (χ2v) is 11.6. The number of nitrogens with zero attached hydrogens (tertiary/aromatic N) is 10. The molecule has 0 fully saturated rings. The van der Waals surface area contributed by atoms with E-state index in [-0.39, 0.29) is 42.1 Å². The van der Waals surface area contributed by atoms with Crippen LogP contribution in [0.3, 0.4) is 0 Å². The molecule has 0 aliphatic carbocycles. The van der Waals surface area contributed by atoms with E-state index in [9.17, 15) is 0 Å². The maximum Gasteiger partial charge on any atom is 0.243 e. The van der Waals surface area contributed by atoms with Gasteiger partial charge < -0.3 is 56.2 Å². The molecule has 2 aromatic carbocycles. The van der Waals surface area contributed by atoms with Gasteiger partial charge in [0, 0.05) is 78.3 Å². The number of furan rings is 2. The van der Waals surface area contributed by atoms with E-state index in [1.54, 1.807) is 24.9 Å². The molecule has 50 heavy (non-hydrogen) atoms. The average Bonchev–Trinajstić information content (AvgIpc) is 3.92. The zero-order valence-electron chi connectivity index (χ0n) is 27.0. The summed E-state index contributed by atoms with van der Waals surface area (Å²) in [6.07, 6.45) is 26.9. The van der Waals surface area contributed by atoms with Crippen LogP contribution < -0.4 is 19.1 Å². The van der Waals surface area contributed by atoms with Crippen molar-refractivity contribution in [3.8, 4) is 34.2 Å². The zero-order chi connectivity index (χ0) is 32.5. The third-order valence-electron chi connectivity index (χ3n) is 8.42. The van der Waals surface area contributed by atoms with Gasteiger partial charge in [0.1, 0.15) is 11.2 Å². The Bertz CT molecular complexity index is 2570. The first-order valence-corrected chi connectivity index (χ1v) is 15.1. The van der Waals surface area contributed by atoms with Gasteiger partial charge in [-0.2, -0.15) is 0 Å². The molecule has 10 aromatic rings. The minimum Gasteiger partial charge on any atom is -0.660 e. The molecule has 0 atom stereocenters. The Kier molecular flexibility index (Phi) is 8.62. The monoisotopic (exact) mass is 1020 g/mol. The predicted octanol–water partition coefficient (Wildman–Crippen LogP) is 4.31. The Hall–Kier alpha value is -5.18. The summed E-state index contributed by atoms with van der Waals surface area (Å²) in [5.41, 5.74) is 8.65. The molecule has 12 nitrogen and oxygen atoms in total. The minimum absolute atomic E-state index is 0. The van der Waals surface area contributed by atoms with Crippen molar-refractivity contribution in [1.82, 2.24) is 38.2 Å². The van der Waals surface area contributed by atoms with E-state index >= 15 is 0 Å². The van der Waals surface area contributed by atoms with Gasteiger partial charge in [0.25, 0.3) is 0 Å². The largest absolute Gasteiger partial charge is 0.660 e. The van der Waals surface area contributed by atoms with Crippen LogP contribution in [0.4, 0.5) is 0 Å². The second kappa shape index (κ2) is 12.9. The number of hydrogen-bond acceptors (Lipinski definition) is 4. The van der Waals surface area contributed by atoms with Crippen LogP contribution >= 0.6 is 0 Å².